The second-order valence-electron chi connectivity index (χ2n) is 5.59. The summed E-state index contributed by atoms with van der Waals surface area (Å²) in [6.45, 7) is 4.90. The lowest BCUT2D eigenvalue weighted by Crippen LogP contribution is -2.32. The van der Waals surface area contributed by atoms with E-state index in [4.69, 9.17) is 4.74 Å². The van der Waals surface area contributed by atoms with Crippen molar-refractivity contribution >= 4 is 15.9 Å². The highest BCUT2D eigenvalue weighted by molar-refractivity contribution is 9.10. The molecule has 1 aromatic rings. The van der Waals surface area contributed by atoms with Crippen LogP contribution in [-0.2, 0) is 17.7 Å². The molecule has 5 heteroatoms. The van der Waals surface area contributed by atoms with Crippen LogP contribution in [0.3, 0.4) is 0 Å². The van der Waals surface area contributed by atoms with Crippen LogP contribution in [0.4, 0.5) is 0 Å². The molecule has 0 bridgehead atoms. The molecule has 2 rings (SSSR count). The van der Waals surface area contributed by atoms with Gasteiger partial charge in [-0.05, 0) is 60.5 Å². The van der Waals surface area contributed by atoms with Gasteiger partial charge in [-0.3, -0.25) is 4.68 Å². The maximum atomic E-state index is 5.15. The van der Waals surface area contributed by atoms with E-state index in [0.29, 0.717) is 12.6 Å². The molecule has 1 atom stereocenters. The number of aromatic nitrogens is 2. The summed E-state index contributed by atoms with van der Waals surface area (Å²) >= 11 is 3.62. The summed E-state index contributed by atoms with van der Waals surface area (Å²) in [6, 6.07) is 0.674. The van der Waals surface area contributed by atoms with Gasteiger partial charge in [-0.15, -0.1) is 0 Å². The SMILES string of the molecule is CCCNC(CCc1c(Br)cnn1CCOC)C1CC1. The zero-order chi connectivity index (χ0) is 14.4. The zero-order valence-electron chi connectivity index (χ0n) is 12.6. The molecule has 0 amide bonds. The topological polar surface area (TPSA) is 39.1 Å². The Morgan fingerprint density at radius 3 is 3.00 bits per heavy atom. The maximum absolute atomic E-state index is 5.15. The number of nitrogens with one attached hydrogen (secondary N) is 1. The number of hydrogen-bond donors (Lipinski definition) is 1. The van der Waals surface area contributed by atoms with Gasteiger partial charge < -0.3 is 10.1 Å². The van der Waals surface area contributed by atoms with E-state index in [1.54, 1.807) is 7.11 Å². The van der Waals surface area contributed by atoms with Gasteiger partial charge in [0.1, 0.15) is 0 Å². The first-order chi connectivity index (χ1) is 9.76. The van der Waals surface area contributed by atoms with Crippen LogP contribution in [0.25, 0.3) is 0 Å². The van der Waals surface area contributed by atoms with Crippen molar-refractivity contribution in [3.05, 3.63) is 16.4 Å². The Morgan fingerprint density at radius 2 is 2.35 bits per heavy atom. The standard InChI is InChI=1S/C15H26BrN3O/c1-3-8-17-14(12-4-5-12)6-7-15-13(16)11-18-19(15)9-10-20-2/h11-12,14,17H,3-10H2,1-2H3. The van der Waals surface area contributed by atoms with Crippen LogP contribution in [0.2, 0.25) is 0 Å². The highest BCUT2D eigenvalue weighted by atomic mass is 79.9. The van der Waals surface area contributed by atoms with E-state index >= 15 is 0 Å². The number of methoxy groups -OCH3 is 1. The number of nitrogens with zero attached hydrogens (tertiary/aromatic N) is 2. The van der Waals surface area contributed by atoms with Crippen LogP contribution in [0.1, 0.15) is 38.3 Å². The average Bonchev–Trinajstić information content (AvgIpc) is 3.23. The molecule has 1 aliphatic rings. The van der Waals surface area contributed by atoms with Gasteiger partial charge in [-0.2, -0.15) is 5.10 Å². The zero-order valence-corrected chi connectivity index (χ0v) is 14.2. The van der Waals surface area contributed by atoms with E-state index in [0.717, 1.165) is 29.9 Å². The number of ether oxygens (including phenoxy) is 1. The van der Waals surface area contributed by atoms with Crippen molar-refractivity contribution in [2.24, 2.45) is 5.92 Å². The third-order valence-electron chi connectivity index (χ3n) is 3.94. The Labute approximate surface area is 130 Å². The first-order valence-electron chi connectivity index (χ1n) is 7.68. The fraction of sp³-hybridized carbons (Fsp3) is 0.800. The summed E-state index contributed by atoms with van der Waals surface area (Å²) in [5.74, 6) is 0.899. The number of rotatable bonds is 10. The Morgan fingerprint density at radius 1 is 1.55 bits per heavy atom. The van der Waals surface area contributed by atoms with E-state index in [2.05, 4.69) is 38.0 Å². The van der Waals surface area contributed by atoms with Crippen molar-refractivity contribution in [3.63, 3.8) is 0 Å². The maximum Gasteiger partial charge on any atom is 0.0658 e. The second kappa shape index (κ2) is 8.15. The minimum atomic E-state index is 0.674. The molecule has 0 spiro atoms. The Bertz CT molecular complexity index is 404. The Kier molecular flexibility index (Phi) is 6.52. The molecule has 0 aromatic carbocycles. The van der Waals surface area contributed by atoms with Gasteiger partial charge in [-0.1, -0.05) is 6.92 Å². The Balaban J connectivity index is 1.89. The summed E-state index contributed by atoms with van der Waals surface area (Å²) in [6.07, 6.45) is 8.16. The molecular weight excluding hydrogens is 318 g/mol. The van der Waals surface area contributed by atoms with Crippen molar-refractivity contribution in [3.8, 4) is 0 Å². The lowest BCUT2D eigenvalue weighted by molar-refractivity contribution is 0.182. The third-order valence-corrected chi connectivity index (χ3v) is 4.61. The predicted molar refractivity (Wildman–Crippen MR) is 84.9 cm³/mol. The minimum Gasteiger partial charge on any atom is -0.383 e. The van der Waals surface area contributed by atoms with Crippen LogP contribution in [-0.4, -0.2) is 36.1 Å². The monoisotopic (exact) mass is 343 g/mol. The molecule has 1 heterocycles. The van der Waals surface area contributed by atoms with E-state index in [9.17, 15) is 0 Å². The van der Waals surface area contributed by atoms with Crippen molar-refractivity contribution in [1.82, 2.24) is 15.1 Å². The van der Waals surface area contributed by atoms with Crippen molar-refractivity contribution in [1.29, 1.82) is 0 Å². The first-order valence-corrected chi connectivity index (χ1v) is 8.48. The second-order valence-corrected chi connectivity index (χ2v) is 6.45. The van der Waals surface area contributed by atoms with E-state index < -0.39 is 0 Å². The van der Waals surface area contributed by atoms with Crippen LogP contribution >= 0.6 is 15.9 Å². The molecule has 114 valence electrons. The van der Waals surface area contributed by atoms with Crippen molar-refractivity contribution in [2.75, 3.05) is 20.3 Å². The summed E-state index contributed by atoms with van der Waals surface area (Å²) in [4.78, 5) is 0. The third kappa shape index (κ3) is 4.57. The average molecular weight is 344 g/mol. The summed E-state index contributed by atoms with van der Waals surface area (Å²) in [7, 11) is 1.73. The lowest BCUT2D eigenvalue weighted by atomic mass is 10.0. The van der Waals surface area contributed by atoms with Gasteiger partial charge in [0.2, 0.25) is 0 Å². The smallest absolute Gasteiger partial charge is 0.0658 e. The minimum absolute atomic E-state index is 0.674. The van der Waals surface area contributed by atoms with Crippen LogP contribution in [0.5, 0.6) is 0 Å². The summed E-state index contributed by atoms with van der Waals surface area (Å²) in [5.41, 5.74) is 1.30. The van der Waals surface area contributed by atoms with E-state index in [1.165, 1.54) is 31.4 Å². The molecule has 1 aromatic heterocycles. The van der Waals surface area contributed by atoms with Gasteiger partial charge in [0.25, 0.3) is 0 Å². The summed E-state index contributed by atoms with van der Waals surface area (Å²) in [5, 5.41) is 8.13. The van der Waals surface area contributed by atoms with Crippen LogP contribution in [0, 0.1) is 5.92 Å². The molecular formula is C15H26BrN3O. The fourth-order valence-electron chi connectivity index (χ4n) is 2.63. The van der Waals surface area contributed by atoms with Gasteiger partial charge in [-0.25, -0.2) is 0 Å². The first kappa shape index (κ1) is 16.0. The lowest BCUT2D eigenvalue weighted by Gasteiger charge is -2.18. The molecule has 1 aliphatic carbocycles. The highest BCUT2D eigenvalue weighted by Gasteiger charge is 2.30. The van der Waals surface area contributed by atoms with Crippen LogP contribution in [0.15, 0.2) is 10.7 Å². The highest BCUT2D eigenvalue weighted by Crippen LogP contribution is 2.34. The van der Waals surface area contributed by atoms with Crippen LogP contribution < -0.4 is 5.32 Å². The number of halogens is 1. The molecule has 1 fully saturated rings. The largest absolute Gasteiger partial charge is 0.383 e. The van der Waals surface area contributed by atoms with Gasteiger partial charge in [0.05, 0.1) is 29.5 Å². The van der Waals surface area contributed by atoms with E-state index in [-0.39, 0.29) is 0 Å². The number of hydrogen-bond acceptors (Lipinski definition) is 3. The molecule has 4 nitrogen and oxygen atoms in total. The molecule has 0 radical (unpaired) electrons. The predicted octanol–water partition coefficient (Wildman–Crippen LogP) is 3.00. The normalized spacial score (nSPS) is 16.6. The van der Waals surface area contributed by atoms with Crippen molar-refractivity contribution in [2.45, 2.75) is 51.6 Å². The quantitative estimate of drug-likeness (QED) is 0.709. The fourth-order valence-corrected chi connectivity index (χ4v) is 3.13. The molecule has 1 saturated carbocycles. The van der Waals surface area contributed by atoms with Crippen molar-refractivity contribution < 1.29 is 4.74 Å². The molecule has 0 saturated heterocycles. The van der Waals surface area contributed by atoms with Gasteiger partial charge >= 0.3 is 0 Å². The summed E-state index contributed by atoms with van der Waals surface area (Å²) < 4.78 is 8.34. The molecule has 1 unspecified atom stereocenters. The molecule has 1 N–H and O–H groups in total. The van der Waals surface area contributed by atoms with Gasteiger partial charge in [0, 0.05) is 13.2 Å². The molecule has 0 aliphatic heterocycles. The Hall–Kier alpha value is -0.390. The van der Waals surface area contributed by atoms with Gasteiger partial charge in [0.15, 0.2) is 0 Å². The molecule has 20 heavy (non-hydrogen) atoms. The van der Waals surface area contributed by atoms with E-state index in [1.807, 2.05) is 6.20 Å².